The number of hydrogen-bond donors (Lipinski definition) is 8. The highest BCUT2D eigenvalue weighted by molar-refractivity contribution is 6.01. The van der Waals surface area contributed by atoms with Crippen LogP contribution >= 0.6 is 0 Å². The lowest BCUT2D eigenvalue weighted by Crippen LogP contribution is -2.59. The predicted octanol–water partition coefficient (Wildman–Crippen LogP) is 0.671. The van der Waals surface area contributed by atoms with Gasteiger partial charge in [0.15, 0.2) is 0 Å². The molecule has 53 heavy (non-hydrogen) atoms. The first-order valence-electron chi connectivity index (χ1n) is 15.8. The monoisotopic (exact) mass is 751 g/mol. The number of carboxylic acid groups (broad SMARTS) is 2. The van der Waals surface area contributed by atoms with Gasteiger partial charge in [-0.15, -0.1) is 0 Å². The van der Waals surface area contributed by atoms with Gasteiger partial charge in [-0.25, -0.2) is 9.78 Å². The lowest BCUT2D eigenvalue weighted by atomic mass is 10.0. The first-order chi connectivity index (χ1) is 24.7. The summed E-state index contributed by atoms with van der Waals surface area (Å²) < 4.78 is 45.2. The molecule has 0 saturated heterocycles. The maximum Gasteiger partial charge on any atom is 0.417 e. The van der Waals surface area contributed by atoms with E-state index in [0.29, 0.717) is 0 Å². The largest absolute Gasteiger partial charge is 0.481 e. The number of rotatable bonds is 17. The molecule has 18 nitrogen and oxygen atoms in total. The molecule has 2 aromatic heterocycles. The summed E-state index contributed by atoms with van der Waals surface area (Å²) in [4.78, 5) is 106. The maximum atomic E-state index is 13.6. The molecule has 1 aromatic carbocycles. The number of imidazole rings is 1. The normalized spacial score (nSPS) is 13.6. The zero-order chi connectivity index (χ0) is 39.6. The summed E-state index contributed by atoms with van der Waals surface area (Å²) in [6, 6.07) is -3.01. The number of nitrogens with zero attached hydrogens (tertiary/aromatic N) is 1. The molecule has 4 atom stereocenters. The predicted molar refractivity (Wildman–Crippen MR) is 176 cm³/mol. The molecular weight excluding hydrogens is 715 g/mol. The maximum absolute atomic E-state index is 13.6. The Bertz CT molecular complexity index is 1910. The lowest BCUT2D eigenvalue weighted by Gasteiger charge is -2.27. The molecule has 286 valence electrons. The minimum Gasteiger partial charge on any atom is -0.481 e. The van der Waals surface area contributed by atoms with E-state index in [-0.39, 0.29) is 23.9 Å². The molecule has 0 aliphatic rings. The minimum absolute atomic E-state index is 0.229. The van der Waals surface area contributed by atoms with E-state index in [1.807, 2.05) is 0 Å². The molecule has 0 fully saturated rings. The van der Waals surface area contributed by atoms with Gasteiger partial charge in [0.2, 0.25) is 29.5 Å². The van der Waals surface area contributed by atoms with Crippen LogP contribution in [0.4, 0.5) is 18.9 Å². The van der Waals surface area contributed by atoms with Gasteiger partial charge < -0.3 is 46.2 Å². The molecule has 21 heteroatoms. The van der Waals surface area contributed by atoms with Crippen LogP contribution in [0.3, 0.4) is 0 Å². The molecule has 0 saturated carbocycles. The molecule has 5 amide bonds. The third-order valence-corrected chi connectivity index (χ3v) is 7.53. The first-order valence-corrected chi connectivity index (χ1v) is 15.8. The van der Waals surface area contributed by atoms with Crippen LogP contribution < -0.4 is 32.2 Å². The lowest BCUT2D eigenvalue weighted by molar-refractivity contribution is -0.141. The molecule has 3 rings (SSSR count). The number of anilines is 1. The number of alkyl halides is 3. The quantitative estimate of drug-likeness (QED) is 0.0884. The molecule has 0 aliphatic carbocycles. The van der Waals surface area contributed by atoms with Crippen molar-refractivity contribution in [3.05, 3.63) is 58.5 Å². The van der Waals surface area contributed by atoms with E-state index < -0.39 is 119 Å². The number of nitrogens with one attached hydrogen (secondary N) is 6. The zero-order valence-corrected chi connectivity index (χ0v) is 28.3. The number of aliphatic carboxylic acids is 2. The van der Waals surface area contributed by atoms with Crippen LogP contribution in [0.1, 0.15) is 51.3 Å². The van der Waals surface area contributed by atoms with Crippen molar-refractivity contribution in [3.8, 4) is 0 Å². The van der Waals surface area contributed by atoms with Crippen molar-refractivity contribution in [2.75, 3.05) is 5.32 Å². The Morgan fingerprint density at radius 2 is 1.51 bits per heavy atom. The topological polar surface area (TPSA) is 279 Å². The molecule has 4 unspecified atom stereocenters. The molecule has 0 spiro atoms. The average Bonchev–Trinajstić information content (AvgIpc) is 3.56. The summed E-state index contributed by atoms with van der Waals surface area (Å²) in [5.74, 6) is -8.03. The van der Waals surface area contributed by atoms with Crippen molar-refractivity contribution in [2.24, 2.45) is 5.92 Å². The van der Waals surface area contributed by atoms with Crippen molar-refractivity contribution >= 4 is 58.1 Å². The van der Waals surface area contributed by atoms with E-state index in [4.69, 9.17) is 4.42 Å². The molecule has 0 bridgehead atoms. The Balaban J connectivity index is 1.88. The average molecular weight is 752 g/mol. The number of H-pyrrole nitrogens is 1. The van der Waals surface area contributed by atoms with E-state index in [9.17, 15) is 61.7 Å². The van der Waals surface area contributed by atoms with E-state index in [1.54, 1.807) is 13.8 Å². The third-order valence-electron chi connectivity index (χ3n) is 7.53. The Morgan fingerprint density at radius 1 is 0.868 bits per heavy atom. The molecule has 0 radical (unpaired) electrons. The molecule has 2 heterocycles. The first kappa shape index (κ1) is 41.1. The highest BCUT2D eigenvalue weighted by Crippen LogP contribution is 2.34. The minimum atomic E-state index is -4.91. The number of hydrogen-bond acceptors (Lipinski definition) is 10. The summed E-state index contributed by atoms with van der Waals surface area (Å²) in [7, 11) is 0. The van der Waals surface area contributed by atoms with Gasteiger partial charge in [-0.1, -0.05) is 13.8 Å². The Labute approximate surface area is 297 Å². The van der Waals surface area contributed by atoms with Crippen LogP contribution in [0.5, 0.6) is 0 Å². The van der Waals surface area contributed by atoms with E-state index >= 15 is 0 Å². The fourth-order valence-electron chi connectivity index (χ4n) is 5.01. The van der Waals surface area contributed by atoms with Crippen LogP contribution in [0, 0.1) is 5.92 Å². The summed E-state index contributed by atoms with van der Waals surface area (Å²) >= 11 is 0. The van der Waals surface area contributed by atoms with E-state index in [2.05, 4.69) is 36.6 Å². The van der Waals surface area contributed by atoms with Gasteiger partial charge in [0, 0.05) is 54.9 Å². The van der Waals surface area contributed by atoms with Crippen molar-refractivity contribution in [1.29, 1.82) is 0 Å². The highest BCUT2D eigenvalue weighted by Gasteiger charge is 2.35. The zero-order valence-electron chi connectivity index (χ0n) is 28.3. The SMILES string of the molecule is CC(=O)NC(C(=O)NC(CCC(=O)O)C(=O)NC(Cc1cnc[nH]1)C(=O)NC(CC(=O)O)C(=O)Nc1ccc2c(C(F)(F)F)cc(=O)oc2c1)C(C)C. The van der Waals surface area contributed by atoms with Crippen molar-refractivity contribution in [1.82, 2.24) is 31.2 Å². The number of carbonyl (C=O) groups excluding carboxylic acids is 5. The van der Waals surface area contributed by atoms with Crippen LogP contribution in [0.15, 0.2) is 46.0 Å². The summed E-state index contributed by atoms with van der Waals surface area (Å²) in [6.07, 6.45) is -4.76. The van der Waals surface area contributed by atoms with Gasteiger partial charge in [0.25, 0.3) is 0 Å². The van der Waals surface area contributed by atoms with Crippen molar-refractivity contribution in [2.45, 2.75) is 76.8 Å². The Hall–Kier alpha value is -6.28. The van der Waals surface area contributed by atoms with Crippen molar-refractivity contribution < 1.29 is 61.4 Å². The second-order valence-electron chi connectivity index (χ2n) is 12.1. The van der Waals surface area contributed by atoms with Crippen LogP contribution in [-0.4, -0.2) is 85.8 Å². The summed E-state index contributed by atoms with van der Waals surface area (Å²) in [5.41, 5.74) is -3.12. The Morgan fingerprint density at radius 3 is 2.08 bits per heavy atom. The number of amides is 5. The number of halogens is 3. The number of aromatic amines is 1. The van der Waals surface area contributed by atoms with Gasteiger partial charge >= 0.3 is 23.7 Å². The standard InChI is InChI=1S/C32H36F3N7O11/c1-14(2)27(38-15(3)43)31(52)40-20(6-7-24(44)45)28(49)41-21(8-17-12-36-13-37-17)30(51)42-22(11-25(46)47)29(50)39-16-4-5-18-19(32(33,34)35)10-26(48)53-23(18)9-16/h4-5,9-10,12-14,20-22,27H,6-8,11H2,1-3H3,(H,36,37)(H,38,43)(H,39,50)(H,40,52)(H,41,49)(H,42,51)(H,44,45)(H,46,47). The number of fused-ring (bicyclic) bond motifs is 1. The van der Waals surface area contributed by atoms with Gasteiger partial charge in [0.05, 0.1) is 18.3 Å². The van der Waals surface area contributed by atoms with Gasteiger partial charge in [-0.2, -0.15) is 13.2 Å². The van der Waals surface area contributed by atoms with Crippen LogP contribution in [0.25, 0.3) is 11.0 Å². The molecule has 8 N–H and O–H groups in total. The fraction of sp³-hybridized carbons (Fsp3) is 0.406. The summed E-state index contributed by atoms with van der Waals surface area (Å²) in [5, 5.41) is 29.9. The summed E-state index contributed by atoms with van der Waals surface area (Å²) in [6.45, 7) is 4.40. The molecule has 3 aromatic rings. The number of benzene rings is 1. The van der Waals surface area contributed by atoms with Crippen LogP contribution in [-0.2, 0) is 46.2 Å². The van der Waals surface area contributed by atoms with Gasteiger partial charge in [0.1, 0.15) is 29.8 Å². The van der Waals surface area contributed by atoms with E-state index in [0.717, 1.165) is 18.2 Å². The van der Waals surface area contributed by atoms with E-state index in [1.165, 1.54) is 19.4 Å². The Kier molecular flexibility index (Phi) is 13.8. The molecular formula is C32H36F3N7O11. The van der Waals surface area contributed by atoms with Crippen LogP contribution in [0.2, 0.25) is 0 Å². The van der Waals surface area contributed by atoms with Gasteiger partial charge in [-0.05, 0) is 24.5 Å². The smallest absolute Gasteiger partial charge is 0.417 e. The second-order valence-corrected chi connectivity index (χ2v) is 12.1. The second kappa shape index (κ2) is 17.8. The third kappa shape index (κ3) is 12.2. The molecule has 0 aliphatic heterocycles. The number of aromatic nitrogens is 2. The number of carbonyl (C=O) groups is 7. The van der Waals surface area contributed by atoms with Crippen molar-refractivity contribution in [3.63, 3.8) is 0 Å². The van der Waals surface area contributed by atoms with Gasteiger partial charge in [-0.3, -0.25) is 33.6 Å². The highest BCUT2D eigenvalue weighted by atomic mass is 19.4. The fourth-order valence-corrected chi connectivity index (χ4v) is 5.01. The number of carboxylic acids is 2.